The molecule has 0 saturated heterocycles. The molecule has 2 unspecified atom stereocenters. The van der Waals surface area contributed by atoms with Gasteiger partial charge in [0.1, 0.15) is 23.4 Å². The van der Waals surface area contributed by atoms with E-state index in [2.05, 4.69) is 31.8 Å². The number of aryl methyl sites for hydroxylation is 1. The maximum absolute atomic E-state index is 14.7. The quantitative estimate of drug-likeness (QED) is 0.110. The van der Waals surface area contributed by atoms with Crippen molar-refractivity contribution >= 4 is 45.6 Å². The fourth-order valence-electron chi connectivity index (χ4n) is 6.65. The molecule has 5 aromatic rings. The third-order valence-corrected chi connectivity index (χ3v) is 13.5. The summed E-state index contributed by atoms with van der Waals surface area (Å²) in [5.41, 5.74) is 6.63. The zero-order chi connectivity index (χ0) is 35.1. The average Bonchev–Trinajstić information content (AvgIpc) is 3.69. The highest BCUT2D eigenvalue weighted by Gasteiger charge is 2.42. The molecular formula is C39H44N4O4SSi. The minimum absolute atomic E-state index is 0.161. The molecule has 0 saturated carbocycles. The summed E-state index contributed by atoms with van der Waals surface area (Å²) in [5.74, 6) is 0.367. The van der Waals surface area contributed by atoms with E-state index in [0.717, 1.165) is 28.3 Å². The van der Waals surface area contributed by atoms with Gasteiger partial charge in [-0.25, -0.2) is 17.4 Å². The second kappa shape index (κ2) is 13.2. The monoisotopic (exact) mass is 692 g/mol. The molecule has 8 nitrogen and oxygen atoms in total. The van der Waals surface area contributed by atoms with Gasteiger partial charge >= 0.3 is 0 Å². The number of aliphatic hydroxyl groups excluding tert-OH is 1. The minimum Gasteiger partial charge on any atom is -0.380 e. The zero-order valence-electron chi connectivity index (χ0n) is 29.1. The van der Waals surface area contributed by atoms with Gasteiger partial charge in [-0.2, -0.15) is 5.26 Å². The van der Waals surface area contributed by atoms with Gasteiger partial charge in [-0.05, 0) is 79.3 Å². The molecule has 0 radical (unpaired) electrons. The van der Waals surface area contributed by atoms with Gasteiger partial charge < -0.3 is 14.4 Å². The van der Waals surface area contributed by atoms with Gasteiger partial charge in [-0.15, -0.1) is 0 Å². The first kappa shape index (κ1) is 34.6. The van der Waals surface area contributed by atoms with Crippen LogP contribution in [0.1, 0.15) is 60.9 Å². The van der Waals surface area contributed by atoms with Crippen LogP contribution in [0.3, 0.4) is 0 Å². The third kappa shape index (κ3) is 6.56. The van der Waals surface area contributed by atoms with Gasteiger partial charge in [-0.3, -0.25) is 0 Å². The van der Waals surface area contributed by atoms with Crippen molar-refractivity contribution in [3.63, 3.8) is 0 Å². The van der Waals surface area contributed by atoms with Crippen LogP contribution in [0.4, 0.5) is 0 Å². The van der Waals surface area contributed by atoms with Crippen LogP contribution in [-0.4, -0.2) is 46.5 Å². The third-order valence-electron chi connectivity index (χ3n) is 9.51. The predicted molar refractivity (Wildman–Crippen MR) is 199 cm³/mol. The number of ether oxygens (including phenoxy) is 1. The van der Waals surface area contributed by atoms with Gasteiger partial charge in [0.25, 0.3) is 0 Å². The fourth-order valence-corrected chi connectivity index (χ4v) is 9.20. The van der Waals surface area contributed by atoms with Crippen molar-refractivity contribution in [2.24, 2.45) is 0 Å². The molecule has 2 heterocycles. The van der Waals surface area contributed by atoms with Gasteiger partial charge in [0.15, 0.2) is 0 Å². The predicted octanol–water partition coefficient (Wildman–Crippen LogP) is 8.33. The normalized spacial score (nSPS) is 17.6. The molecule has 0 aliphatic heterocycles. The lowest BCUT2D eigenvalue weighted by Gasteiger charge is -2.32. The van der Waals surface area contributed by atoms with Crippen molar-refractivity contribution in [3.05, 3.63) is 119 Å². The van der Waals surface area contributed by atoms with E-state index in [1.807, 2.05) is 67.0 Å². The summed E-state index contributed by atoms with van der Waals surface area (Å²) in [6.07, 6.45) is 5.47. The molecule has 6 rings (SSSR count). The maximum Gasteiger partial charge on any atom is 0.248 e. The molecule has 2 aromatic heterocycles. The summed E-state index contributed by atoms with van der Waals surface area (Å²) in [4.78, 5) is 4.81. The molecule has 2 atom stereocenters. The summed E-state index contributed by atoms with van der Waals surface area (Å²) < 4.78 is 37.6. The van der Waals surface area contributed by atoms with Crippen LogP contribution in [0.25, 0.3) is 27.5 Å². The Balaban J connectivity index is 1.42. The Morgan fingerprint density at radius 2 is 1.86 bits per heavy atom. The van der Waals surface area contributed by atoms with Crippen LogP contribution in [0.2, 0.25) is 25.7 Å². The summed E-state index contributed by atoms with van der Waals surface area (Å²) in [5, 5.41) is 22.3. The molecule has 49 heavy (non-hydrogen) atoms. The van der Waals surface area contributed by atoms with Crippen molar-refractivity contribution in [1.82, 2.24) is 13.5 Å². The van der Waals surface area contributed by atoms with E-state index in [-0.39, 0.29) is 6.73 Å². The van der Waals surface area contributed by atoms with Gasteiger partial charge in [-0.1, -0.05) is 86.8 Å². The Morgan fingerprint density at radius 3 is 2.55 bits per heavy atom. The van der Waals surface area contributed by atoms with E-state index in [1.54, 1.807) is 37.4 Å². The summed E-state index contributed by atoms with van der Waals surface area (Å²) >= 11 is 0. The number of aliphatic hydroxyl groups is 1. The van der Waals surface area contributed by atoms with E-state index in [1.165, 1.54) is 3.97 Å². The van der Waals surface area contributed by atoms with E-state index in [9.17, 15) is 18.8 Å². The molecule has 0 bridgehead atoms. The first-order valence-corrected chi connectivity index (χ1v) is 21.9. The molecule has 1 aliphatic carbocycles. The zero-order valence-corrected chi connectivity index (χ0v) is 30.9. The first-order valence-electron chi connectivity index (χ1n) is 16.8. The van der Waals surface area contributed by atoms with Crippen molar-refractivity contribution in [3.8, 4) is 6.07 Å². The molecule has 0 spiro atoms. The van der Waals surface area contributed by atoms with Crippen LogP contribution < -0.4 is 0 Å². The van der Waals surface area contributed by atoms with Gasteiger partial charge in [0.05, 0.1) is 28.2 Å². The maximum atomic E-state index is 14.7. The molecule has 3 aromatic carbocycles. The Hall–Kier alpha value is -4.27. The molecule has 1 N–H and O–H groups in total. The van der Waals surface area contributed by atoms with Crippen molar-refractivity contribution < 1.29 is 18.3 Å². The SMILES string of the molecule is CCC1=CC(C)(S(=O)(=O)n2ccc3c(C(O)c4nc5ccc(C#N)cc5n4COCC[Si](C)(C)C)ccc(C)c32)CC(c2ccccc2)=C1. The summed E-state index contributed by atoms with van der Waals surface area (Å²) in [6, 6.07) is 23.8. The molecule has 0 fully saturated rings. The number of allylic oxidation sites excluding steroid dienone is 3. The first-order chi connectivity index (χ1) is 23.3. The number of imidazole rings is 1. The van der Waals surface area contributed by atoms with E-state index < -0.39 is 28.9 Å². The lowest BCUT2D eigenvalue weighted by atomic mass is 9.86. The molecule has 0 amide bonds. The van der Waals surface area contributed by atoms with E-state index in [4.69, 9.17) is 9.72 Å². The van der Waals surface area contributed by atoms with E-state index in [0.29, 0.717) is 58.3 Å². The number of hydrogen-bond donors (Lipinski definition) is 1. The standard InChI is InChI=1S/C39H44N4O4SSi/c1-7-28-21-31(30-11-9-8-10-12-30)24-39(3,23-28)48(45,46)43-18-17-32-33(15-13-27(2)36(32)43)37(44)38-41-34-16-14-29(25-40)22-35(34)42(38)26-47-19-20-49(4,5)6/h8-18,21-23,37,44H,7,19-20,24,26H2,1-6H3. The molecule has 1 aliphatic rings. The van der Waals surface area contributed by atoms with Gasteiger partial charge in [0.2, 0.25) is 10.0 Å². The second-order valence-electron chi connectivity index (χ2n) is 14.4. The van der Waals surface area contributed by atoms with Crippen molar-refractivity contribution in [2.45, 2.75) is 76.9 Å². The highest BCUT2D eigenvalue weighted by Crippen LogP contribution is 2.41. The number of rotatable bonds is 11. The van der Waals surface area contributed by atoms with Crippen LogP contribution in [0.5, 0.6) is 0 Å². The number of benzene rings is 3. The highest BCUT2D eigenvalue weighted by molar-refractivity contribution is 7.91. The minimum atomic E-state index is -3.97. The van der Waals surface area contributed by atoms with Crippen LogP contribution in [-0.2, 0) is 21.5 Å². The molecular weight excluding hydrogens is 649 g/mol. The lowest BCUT2D eigenvalue weighted by molar-refractivity contribution is 0.0816. The Labute approximate surface area is 290 Å². The molecule has 10 heteroatoms. The Bertz CT molecular complexity index is 2260. The largest absolute Gasteiger partial charge is 0.380 e. The average molecular weight is 693 g/mol. The number of aromatic nitrogens is 3. The van der Waals surface area contributed by atoms with Crippen LogP contribution in [0, 0.1) is 18.3 Å². The van der Waals surface area contributed by atoms with Gasteiger partial charge in [0, 0.05) is 26.3 Å². The fraction of sp³-hybridized carbons (Fsp3) is 0.333. The topological polar surface area (TPSA) is 110 Å². The highest BCUT2D eigenvalue weighted by atomic mass is 32.2. The van der Waals surface area contributed by atoms with Crippen LogP contribution in [0.15, 0.2) is 90.7 Å². The number of hydrogen-bond acceptors (Lipinski definition) is 6. The lowest BCUT2D eigenvalue weighted by Crippen LogP contribution is -2.39. The molecule has 254 valence electrons. The van der Waals surface area contributed by atoms with E-state index >= 15 is 0 Å². The Kier molecular flexibility index (Phi) is 9.33. The number of nitriles is 1. The summed E-state index contributed by atoms with van der Waals surface area (Å²) in [6.45, 7) is 13.3. The Morgan fingerprint density at radius 1 is 1.10 bits per heavy atom. The van der Waals surface area contributed by atoms with Crippen LogP contribution >= 0.6 is 0 Å². The second-order valence-corrected chi connectivity index (χ2v) is 22.3. The summed E-state index contributed by atoms with van der Waals surface area (Å²) in [7, 11) is -5.30. The number of nitrogens with zero attached hydrogens (tertiary/aromatic N) is 4. The number of fused-ring (bicyclic) bond motifs is 2. The van der Waals surface area contributed by atoms with Crippen molar-refractivity contribution in [1.29, 1.82) is 5.26 Å². The smallest absolute Gasteiger partial charge is 0.248 e. The van der Waals surface area contributed by atoms with Crippen molar-refractivity contribution in [2.75, 3.05) is 6.61 Å².